The molecule has 9 nitrogen and oxygen atoms in total. The summed E-state index contributed by atoms with van der Waals surface area (Å²) >= 11 is 0. The highest BCUT2D eigenvalue weighted by Gasteiger charge is 2.17. The number of esters is 2. The van der Waals surface area contributed by atoms with Crippen LogP contribution in [0.15, 0.2) is 108 Å². The van der Waals surface area contributed by atoms with Crippen molar-refractivity contribution in [1.29, 1.82) is 0 Å². The van der Waals surface area contributed by atoms with E-state index in [0.717, 1.165) is 0 Å². The van der Waals surface area contributed by atoms with E-state index >= 15 is 0 Å². The van der Waals surface area contributed by atoms with Gasteiger partial charge >= 0.3 is 11.9 Å². The van der Waals surface area contributed by atoms with E-state index in [1.165, 1.54) is 25.5 Å². The third-order valence-corrected chi connectivity index (χ3v) is 5.22. The number of para-hydroxylation sites is 2. The summed E-state index contributed by atoms with van der Waals surface area (Å²) in [5.74, 6) is -0.785. The molecule has 4 aromatic rings. The van der Waals surface area contributed by atoms with Crippen LogP contribution >= 0.6 is 0 Å². The molecule has 1 amide bonds. The molecule has 0 bridgehead atoms. The molecule has 0 unspecified atom stereocenters. The van der Waals surface area contributed by atoms with Crippen molar-refractivity contribution < 1.29 is 33.3 Å². The van der Waals surface area contributed by atoms with E-state index in [2.05, 4.69) is 10.5 Å². The van der Waals surface area contributed by atoms with Gasteiger partial charge in [0.25, 0.3) is 5.91 Å². The van der Waals surface area contributed by atoms with E-state index in [1.54, 1.807) is 91.0 Å². The number of rotatable bonds is 10. The van der Waals surface area contributed by atoms with Crippen LogP contribution in [0.25, 0.3) is 0 Å². The van der Waals surface area contributed by atoms with E-state index in [9.17, 15) is 14.4 Å². The van der Waals surface area contributed by atoms with Gasteiger partial charge in [0.15, 0.2) is 29.6 Å². The maximum absolute atomic E-state index is 12.7. The first-order valence-electron chi connectivity index (χ1n) is 11.8. The summed E-state index contributed by atoms with van der Waals surface area (Å²) in [6.45, 7) is -0.286. The van der Waals surface area contributed by atoms with Crippen molar-refractivity contribution in [1.82, 2.24) is 5.43 Å². The SMILES string of the molecule is COc1ccccc1OCC(=O)N/N=C/c1ccc(OC(=O)c2ccccc2)c(OC(=O)c2ccccc2)c1. The Hall–Kier alpha value is -5.44. The third-order valence-electron chi connectivity index (χ3n) is 5.22. The summed E-state index contributed by atoms with van der Waals surface area (Å²) in [7, 11) is 1.51. The lowest BCUT2D eigenvalue weighted by atomic mass is 10.2. The second-order valence-electron chi connectivity index (χ2n) is 7.95. The van der Waals surface area contributed by atoms with Crippen LogP contribution < -0.4 is 24.4 Å². The van der Waals surface area contributed by atoms with Crippen LogP contribution in [-0.4, -0.2) is 37.8 Å². The monoisotopic (exact) mass is 524 g/mol. The highest BCUT2D eigenvalue weighted by Crippen LogP contribution is 2.30. The summed E-state index contributed by atoms with van der Waals surface area (Å²) < 4.78 is 21.7. The smallest absolute Gasteiger partial charge is 0.343 e. The molecule has 4 rings (SSSR count). The third kappa shape index (κ3) is 7.53. The Morgan fingerprint density at radius 3 is 1.87 bits per heavy atom. The minimum atomic E-state index is -0.636. The van der Waals surface area contributed by atoms with E-state index < -0.39 is 17.8 Å². The molecule has 0 aliphatic rings. The quantitative estimate of drug-likeness (QED) is 0.139. The van der Waals surface area contributed by atoms with Crippen LogP contribution in [0.3, 0.4) is 0 Å². The molecule has 0 radical (unpaired) electrons. The van der Waals surface area contributed by atoms with Crippen LogP contribution in [0.4, 0.5) is 0 Å². The van der Waals surface area contributed by atoms with Gasteiger partial charge in [0.2, 0.25) is 0 Å². The number of nitrogens with zero attached hydrogens (tertiary/aromatic N) is 1. The molecule has 1 N–H and O–H groups in total. The van der Waals surface area contributed by atoms with Gasteiger partial charge in [-0.3, -0.25) is 4.79 Å². The Kier molecular flexibility index (Phi) is 9.01. The molecule has 0 spiro atoms. The average Bonchev–Trinajstić information content (AvgIpc) is 2.98. The fraction of sp³-hybridized carbons (Fsp3) is 0.0667. The van der Waals surface area contributed by atoms with Crippen molar-refractivity contribution in [3.63, 3.8) is 0 Å². The number of nitrogens with one attached hydrogen (secondary N) is 1. The molecule has 0 aromatic heterocycles. The number of benzene rings is 4. The van der Waals surface area contributed by atoms with Gasteiger partial charge in [0.1, 0.15) is 0 Å². The number of hydrogen-bond acceptors (Lipinski definition) is 8. The normalized spacial score (nSPS) is 10.5. The van der Waals surface area contributed by atoms with E-state index in [4.69, 9.17) is 18.9 Å². The number of methoxy groups -OCH3 is 1. The van der Waals surface area contributed by atoms with Crippen LogP contribution in [0, 0.1) is 0 Å². The Balaban J connectivity index is 1.46. The van der Waals surface area contributed by atoms with Gasteiger partial charge in [-0.1, -0.05) is 48.5 Å². The maximum Gasteiger partial charge on any atom is 0.343 e. The van der Waals surface area contributed by atoms with Crippen molar-refractivity contribution in [2.45, 2.75) is 0 Å². The van der Waals surface area contributed by atoms with Crippen molar-refractivity contribution in [3.05, 3.63) is 120 Å². The molecule has 0 aliphatic carbocycles. The van der Waals surface area contributed by atoms with Gasteiger partial charge in [-0.05, 0) is 60.2 Å². The molecule has 0 aliphatic heterocycles. The summed E-state index contributed by atoms with van der Waals surface area (Å²) in [5, 5.41) is 3.93. The predicted octanol–water partition coefficient (Wildman–Crippen LogP) is 4.66. The zero-order valence-corrected chi connectivity index (χ0v) is 20.9. The Bertz CT molecular complexity index is 1470. The van der Waals surface area contributed by atoms with Gasteiger partial charge in [0, 0.05) is 0 Å². The first kappa shape index (κ1) is 26.6. The molecule has 0 fully saturated rings. The molecule has 0 atom stereocenters. The second kappa shape index (κ2) is 13.2. The van der Waals surface area contributed by atoms with E-state index in [1.807, 2.05) is 0 Å². The summed E-state index contributed by atoms with van der Waals surface area (Å²) in [5.41, 5.74) is 3.49. The molecular weight excluding hydrogens is 500 g/mol. The number of ether oxygens (including phenoxy) is 4. The molecule has 0 saturated heterocycles. The Morgan fingerprint density at radius 2 is 1.26 bits per heavy atom. The van der Waals surface area contributed by atoms with Crippen molar-refractivity contribution >= 4 is 24.1 Å². The van der Waals surface area contributed by atoms with Crippen LogP contribution in [-0.2, 0) is 4.79 Å². The number of carbonyl (C=O) groups excluding carboxylic acids is 3. The Labute approximate surface area is 224 Å². The molecule has 196 valence electrons. The topological polar surface area (TPSA) is 113 Å². The number of carbonyl (C=O) groups is 3. The van der Waals surface area contributed by atoms with Crippen LogP contribution in [0.5, 0.6) is 23.0 Å². The second-order valence-corrected chi connectivity index (χ2v) is 7.95. The van der Waals surface area contributed by atoms with Crippen LogP contribution in [0.1, 0.15) is 26.3 Å². The standard InChI is InChI=1S/C30H24N2O7/c1-36-24-14-8-9-15-25(24)37-20-28(33)32-31-19-21-16-17-26(38-29(34)22-10-4-2-5-11-22)27(18-21)39-30(35)23-12-6-3-7-13-23/h2-19H,20H2,1H3,(H,32,33)/b31-19+. The molecule has 4 aromatic carbocycles. The Morgan fingerprint density at radius 1 is 0.692 bits per heavy atom. The van der Waals surface area contributed by atoms with E-state index in [-0.39, 0.29) is 18.1 Å². The fourth-order valence-electron chi connectivity index (χ4n) is 3.33. The molecule has 9 heteroatoms. The minimum absolute atomic E-state index is 0.00270. The minimum Gasteiger partial charge on any atom is -0.493 e. The number of hydrazone groups is 1. The number of hydrogen-bond donors (Lipinski definition) is 1. The lowest BCUT2D eigenvalue weighted by Crippen LogP contribution is -2.24. The lowest BCUT2D eigenvalue weighted by molar-refractivity contribution is -0.123. The summed E-state index contributed by atoms with van der Waals surface area (Å²) in [4.78, 5) is 37.5. The van der Waals surface area contributed by atoms with Crippen molar-refractivity contribution in [3.8, 4) is 23.0 Å². The van der Waals surface area contributed by atoms with Crippen molar-refractivity contribution in [2.24, 2.45) is 5.10 Å². The molecule has 0 heterocycles. The first-order valence-corrected chi connectivity index (χ1v) is 11.8. The fourth-order valence-corrected chi connectivity index (χ4v) is 3.33. The molecule has 39 heavy (non-hydrogen) atoms. The van der Waals surface area contributed by atoms with Gasteiger partial charge < -0.3 is 18.9 Å². The van der Waals surface area contributed by atoms with Crippen molar-refractivity contribution in [2.75, 3.05) is 13.7 Å². The average molecular weight is 525 g/mol. The maximum atomic E-state index is 12.7. The van der Waals surface area contributed by atoms with Crippen LogP contribution in [0.2, 0.25) is 0 Å². The van der Waals surface area contributed by atoms with E-state index in [0.29, 0.717) is 28.2 Å². The zero-order chi connectivity index (χ0) is 27.5. The van der Waals surface area contributed by atoms with Gasteiger partial charge in [-0.2, -0.15) is 5.10 Å². The number of amides is 1. The summed E-state index contributed by atoms with van der Waals surface area (Å²) in [6, 6.07) is 28.3. The highest BCUT2D eigenvalue weighted by atomic mass is 16.6. The molecule has 0 saturated carbocycles. The lowest BCUT2D eigenvalue weighted by Gasteiger charge is -2.11. The zero-order valence-electron chi connectivity index (χ0n) is 20.9. The van der Waals surface area contributed by atoms with Gasteiger partial charge in [0.05, 0.1) is 24.5 Å². The van der Waals surface area contributed by atoms with Gasteiger partial charge in [-0.25, -0.2) is 15.0 Å². The first-order chi connectivity index (χ1) is 19.0. The van der Waals surface area contributed by atoms with Gasteiger partial charge in [-0.15, -0.1) is 0 Å². The summed E-state index contributed by atoms with van der Waals surface area (Å²) in [6.07, 6.45) is 1.35. The molecular formula is C30H24N2O7. The predicted molar refractivity (Wildman–Crippen MR) is 143 cm³/mol. The largest absolute Gasteiger partial charge is 0.493 e. The highest BCUT2D eigenvalue weighted by molar-refractivity contribution is 5.94.